The number of benzene rings is 2. The number of fused-ring (bicyclic) bond motifs is 3. The summed E-state index contributed by atoms with van der Waals surface area (Å²) in [5, 5.41) is 3.24. The quantitative estimate of drug-likeness (QED) is 0.718. The molecule has 5 nitrogen and oxygen atoms in total. The van der Waals surface area contributed by atoms with E-state index in [2.05, 4.69) is 28.5 Å². The molecule has 1 aliphatic rings. The monoisotopic (exact) mass is 337 g/mol. The Labute approximate surface area is 146 Å². The smallest absolute Gasteiger partial charge is 0.364 e. The van der Waals surface area contributed by atoms with Crippen LogP contribution < -0.4 is 10.1 Å². The highest BCUT2D eigenvalue weighted by atomic mass is 16.5. The lowest BCUT2D eigenvalue weighted by Gasteiger charge is -2.27. The fourth-order valence-corrected chi connectivity index (χ4v) is 3.82. The Morgan fingerprint density at radius 1 is 1.12 bits per heavy atom. The molecule has 0 aliphatic carbocycles. The summed E-state index contributed by atoms with van der Waals surface area (Å²) in [4.78, 5) is 15.8. The molecule has 0 unspecified atom stereocenters. The van der Waals surface area contributed by atoms with E-state index in [1.165, 1.54) is 18.1 Å². The second-order valence-electron chi connectivity index (χ2n) is 6.31. The third kappa shape index (κ3) is 2.57. The summed E-state index contributed by atoms with van der Waals surface area (Å²) in [6, 6.07) is 15.9. The van der Waals surface area contributed by atoms with Crippen molar-refractivity contribution in [3.63, 3.8) is 0 Å². The number of aromatic amines is 1. The van der Waals surface area contributed by atoms with Crippen LogP contribution >= 0.6 is 0 Å². The maximum absolute atomic E-state index is 12.3. The average molecular weight is 337 g/mol. The Kier molecular flexibility index (Phi) is 3.93. The highest BCUT2D eigenvalue weighted by Gasteiger charge is 2.39. The number of nitrogens with one attached hydrogen (secondary N) is 1. The Balaban J connectivity index is 1.90. The number of aromatic nitrogens is 1. The maximum Gasteiger partial charge on any atom is 0.364 e. The van der Waals surface area contributed by atoms with Gasteiger partial charge in [0.2, 0.25) is 0 Å². The van der Waals surface area contributed by atoms with E-state index < -0.39 is 0 Å². The number of H-pyrrole nitrogens is 1. The first kappa shape index (κ1) is 15.7. The van der Waals surface area contributed by atoms with Gasteiger partial charge in [0.25, 0.3) is 0 Å². The molecule has 2 atom stereocenters. The SMILES string of the molecule is COC(=O)[C@H]1Cc2c([nH]c3ccccc23)[C@H](c2ccccc2OC)[NH2+]1. The van der Waals surface area contributed by atoms with E-state index in [4.69, 9.17) is 9.47 Å². The van der Waals surface area contributed by atoms with Gasteiger partial charge in [-0.1, -0.05) is 30.3 Å². The highest BCUT2D eigenvalue weighted by molar-refractivity contribution is 5.86. The number of hydrogen-bond acceptors (Lipinski definition) is 3. The van der Waals surface area contributed by atoms with E-state index in [-0.39, 0.29) is 18.1 Å². The van der Waals surface area contributed by atoms with Crippen LogP contribution in [0.15, 0.2) is 48.5 Å². The molecule has 0 saturated carbocycles. The van der Waals surface area contributed by atoms with Crippen LogP contribution in [0.4, 0.5) is 0 Å². The van der Waals surface area contributed by atoms with Gasteiger partial charge in [-0.15, -0.1) is 0 Å². The first-order chi connectivity index (χ1) is 12.2. The normalized spacial score (nSPS) is 19.4. The fourth-order valence-electron chi connectivity index (χ4n) is 3.82. The number of carbonyl (C=O) groups is 1. The molecule has 0 fully saturated rings. The predicted octanol–water partition coefficient (Wildman–Crippen LogP) is 1.93. The van der Waals surface area contributed by atoms with Crippen LogP contribution in [-0.2, 0) is 16.0 Å². The van der Waals surface area contributed by atoms with Crippen LogP contribution in [0.2, 0.25) is 0 Å². The first-order valence-corrected chi connectivity index (χ1v) is 8.38. The molecular weight excluding hydrogens is 316 g/mol. The second-order valence-corrected chi connectivity index (χ2v) is 6.31. The molecule has 5 heteroatoms. The molecule has 0 saturated heterocycles. The molecule has 2 heterocycles. The molecule has 1 aromatic heterocycles. The van der Waals surface area contributed by atoms with Crippen molar-refractivity contribution in [3.8, 4) is 5.75 Å². The number of carbonyl (C=O) groups excluding carboxylic acids is 1. The summed E-state index contributed by atoms with van der Waals surface area (Å²) in [6.45, 7) is 0. The molecule has 128 valence electrons. The zero-order valence-corrected chi connectivity index (χ0v) is 14.3. The number of methoxy groups -OCH3 is 2. The summed E-state index contributed by atoms with van der Waals surface area (Å²) >= 11 is 0. The van der Waals surface area contributed by atoms with Crippen LogP contribution in [0.25, 0.3) is 10.9 Å². The lowest BCUT2D eigenvalue weighted by molar-refractivity contribution is -0.712. The van der Waals surface area contributed by atoms with Gasteiger partial charge in [0.05, 0.1) is 25.5 Å². The standard InChI is InChI=1S/C20H20N2O3/c1-24-17-10-6-4-8-13(17)18-19-14(11-16(22-18)20(23)25-2)12-7-3-5-9-15(12)21-19/h3-10,16,18,21-22H,11H2,1-2H3/p+1/t16-,18+/m1/s1. The van der Waals surface area contributed by atoms with Crippen molar-refractivity contribution in [2.45, 2.75) is 18.5 Å². The number of esters is 1. The van der Waals surface area contributed by atoms with Crippen LogP contribution in [0.1, 0.15) is 22.9 Å². The lowest BCUT2D eigenvalue weighted by Crippen LogP contribution is -2.94. The van der Waals surface area contributed by atoms with Gasteiger partial charge in [-0.2, -0.15) is 0 Å². The minimum atomic E-state index is -0.272. The Hall–Kier alpha value is -2.79. The first-order valence-electron chi connectivity index (χ1n) is 8.38. The van der Waals surface area contributed by atoms with E-state index >= 15 is 0 Å². The summed E-state index contributed by atoms with van der Waals surface area (Å²) in [5.41, 5.74) is 4.45. The number of ether oxygens (including phenoxy) is 2. The molecule has 0 bridgehead atoms. The number of rotatable bonds is 3. The topological polar surface area (TPSA) is 67.9 Å². The lowest BCUT2D eigenvalue weighted by atomic mass is 9.90. The molecule has 4 rings (SSSR count). The molecule has 0 spiro atoms. The molecular formula is C20H21N2O3+. The second kappa shape index (κ2) is 6.26. The van der Waals surface area contributed by atoms with Gasteiger partial charge in [-0.25, -0.2) is 4.79 Å². The van der Waals surface area contributed by atoms with Crippen molar-refractivity contribution in [1.29, 1.82) is 0 Å². The summed E-state index contributed by atoms with van der Waals surface area (Å²) in [6.07, 6.45) is 0.650. The van der Waals surface area contributed by atoms with Crippen molar-refractivity contribution in [3.05, 3.63) is 65.4 Å². The summed E-state index contributed by atoms with van der Waals surface area (Å²) in [5.74, 6) is 0.620. The van der Waals surface area contributed by atoms with E-state index in [1.807, 2.05) is 30.3 Å². The third-order valence-electron chi connectivity index (χ3n) is 4.98. The number of hydrogen-bond donors (Lipinski definition) is 2. The minimum Gasteiger partial charge on any atom is -0.496 e. The molecule has 3 aromatic rings. The zero-order valence-electron chi connectivity index (χ0n) is 14.3. The van der Waals surface area contributed by atoms with Crippen LogP contribution in [0.3, 0.4) is 0 Å². The van der Waals surface area contributed by atoms with Gasteiger partial charge in [-0.3, -0.25) is 0 Å². The van der Waals surface area contributed by atoms with Gasteiger partial charge < -0.3 is 19.8 Å². The van der Waals surface area contributed by atoms with Gasteiger partial charge in [0, 0.05) is 17.3 Å². The molecule has 0 radical (unpaired) electrons. The van der Waals surface area contributed by atoms with Gasteiger partial charge in [-0.05, 0) is 23.8 Å². The Bertz CT molecular complexity index is 932. The highest BCUT2D eigenvalue weighted by Crippen LogP contribution is 2.35. The number of nitrogens with two attached hydrogens (primary N) is 1. The molecule has 1 aliphatic heterocycles. The van der Waals surface area contributed by atoms with Crippen LogP contribution in [0, 0.1) is 0 Å². The van der Waals surface area contributed by atoms with Gasteiger partial charge >= 0.3 is 5.97 Å². The maximum atomic E-state index is 12.3. The molecule has 2 aromatic carbocycles. The molecule has 3 N–H and O–H groups in total. The van der Waals surface area contributed by atoms with Crippen LogP contribution in [0.5, 0.6) is 5.75 Å². The van der Waals surface area contributed by atoms with Crippen molar-refractivity contribution >= 4 is 16.9 Å². The fraction of sp³-hybridized carbons (Fsp3) is 0.250. The van der Waals surface area contributed by atoms with Crippen LogP contribution in [-0.4, -0.2) is 31.2 Å². The largest absolute Gasteiger partial charge is 0.496 e. The summed E-state index contributed by atoms with van der Waals surface area (Å²) in [7, 11) is 3.12. The Morgan fingerprint density at radius 2 is 1.88 bits per heavy atom. The minimum absolute atomic E-state index is 0.0450. The van der Waals surface area contributed by atoms with E-state index in [9.17, 15) is 4.79 Å². The Morgan fingerprint density at radius 3 is 2.68 bits per heavy atom. The number of quaternary nitrogens is 1. The van der Waals surface area contributed by atoms with Crippen molar-refractivity contribution in [2.75, 3.05) is 14.2 Å². The zero-order chi connectivity index (χ0) is 17.4. The van der Waals surface area contributed by atoms with E-state index in [0.717, 1.165) is 22.5 Å². The van der Waals surface area contributed by atoms with Gasteiger partial charge in [0.15, 0.2) is 12.1 Å². The number of para-hydroxylation sites is 2. The van der Waals surface area contributed by atoms with Crippen molar-refractivity contribution < 1.29 is 19.6 Å². The van der Waals surface area contributed by atoms with Gasteiger partial charge in [0.1, 0.15) is 5.75 Å². The molecule has 25 heavy (non-hydrogen) atoms. The van der Waals surface area contributed by atoms with E-state index in [1.54, 1.807) is 7.11 Å². The third-order valence-corrected chi connectivity index (χ3v) is 4.98. The average Bonchev–Trinajstić information content (AvgIpc) is 3.05. The predicted molar refractivity (Wildman–Crippen MR) is 94.6 cm³/mol. The molecule has 0 amide bonds. The van der Waals surface area contributed by atoms with E-state index in [0.29, 0.717) is 6.42 Å². The van der Waals surface area contributed by atoms with Crippen molar-refractivity contribution in [1.82, 2.24) is 4.98 Å². The van der Waals surface area contributed by atoms with Crippen molar-refractivity contribution in [2.24, 2.45) is 0 Å². The summed E-state index contributed by atoms with van der Waals surface area (Å²) < 4.78 is 10.6.